The van der Waals surface area contributed by atoms with Crippen molar-refractivity contribution in [2.45, 2.75) is 0 Å². The quantitative estimate of drug-likeness (QED) is 0.337. The zero-order valence-electron chi connectivity index (χ0n) is 10.0. The van der Waals surface area contributed by atoms with E-state index >= 15 is 0 Å². The van der Waals surface area contributed by atoms with Gasteiger partial charge in [0, 0.05) is 13.1 Å². The Morgan fingerprint density at radius 1 is 1.33 bits per heavy atom. The highest BCUT2D eigenvalue weighted by molar-refractivity contribution is 5.91. The predicted octanol–water partition coefficient (Wildman–Crippen LogP) is 0.136. The normalized spacial score (nSPS) is 9.61. The molecule has 0 fully saturated rings. The summed E-state index contributed by atoms with van der Waals surface area (Å²) in [6.45, 7) is 0.859. The van der Waals surface area contributed by atoms with Gasteiger partial charge in [-0.2, -0.15) is 0 Å². The summed E-state index contributed by atoms with van der Waals surface area (Å²) in [5.41, 5.74) is 12.2. The highest BCUT2D eigenvalue weighted by Crippen LogP contribution is 2.19. The van der Waals surface area contributed by atoms with Gasteiger partial charge >= 0.3 is 12.0 Å². The third-order valence-electron chi connectivity index (χ3n) is 2.21. The molecule has 0 aliphatic carbocycles. The average Bonchev–Trinajstić information content (AvgIpc) is 2.34. The molecule has 1 aromatic rings. The molecule has 0 saturated carbocycles. The molecule has 0 spiro atoms. The highest BCUT2D eigenvalue weighted by atomic mass is 16.5. The van der Waals surface area contributed by atoms with Crippen LogP contribution in [0.25, 0.3) is 0 Å². The number of nitrogens with two attached hydrogens (primary N) is 2. The molecule has 18 heavy (non-hydrogen) atoms. The third-order valence-corrected chi connectivity index (χ3v) is 2.21. The van der Waals surface area contributed by atoms with Gasteiger partial charge in [-0.1, -0.05) is 0 Å². The summed E-state index contributed by atoms with van der Waals surface area (Å²) >= 11 is 0. The first-order valence-corrected chi connectivity index (χ1v) is 5.29. The zero-order valence-corrected chi connectivity index (χ0v) is 10.0. The molecule has 0 aliphatic rings. The molecule has 1 rings (SSSR count). The van der Waals surface area contributed by atoms with Crippen LogP contribution >= 0.6 is 0 Å². The first-order chi connectivity index (χ1) is 8.54. The van der Waals surface area contributed by atoms with Crippen molar-refractivity contribution in [3.63, 3.8) is 0 Å². The number of anilines is 2. The van der Waals surface area contributed by atoms with Crippen molar-refractivity contribution in [3.8, 4) is 0 Å². The van der Waals surface area contributed by atoms with Crippen molar-refractivity contribution < 1.29 is 14.3 Å². The van der Waals surface area contributed by atoms with Gasteiger partial charge in [0.05, 0.1) is 24.0 Å². The Balaban J connectivity index is 2.57. The predicted molar refractivity (Wildman–Crippen MR) is 68.3 cm³/mol. The molecule has 0 saturated heterocycles. The van der Waals surface area contributed by atoms with E-state index in [0.29, 0.717) is 30.0 Å². The number of primary amides is 1. The van der Waals surface area contributed by atoms with Crippen LogP contribution in [0.1, 0.15) is 10.4 Å². The van der Waals surface area contributed by atoms with Gasteiger partial charge in [-0.05, 0) is 18.2 Å². The molecule has 1 aromatic carbocycles. The number of nitrogen functional groups attached to an aromatic ring is 1. The fourth-order valence-corrected chi connectivity index (χ4v) is 1.35. The number of urea groups is 1. The van der Waals surface area contributed by atoms with E-state index in [9.17, 15) is 9.59 Å². The van der Waals surface area contributed by atoms with Gasteiger partial charge in [0.15, 0.2) is 0 Å². The van der Waals surface area contributed by atoms with Crippen LogP contribution in [-0.4, -0.2) is 32.2 Å². The monoisotopic (exact) mass is 252 g/mol. The number of esters is 1. The Kier molecular flexibility index (Phi) is 4.79. The van der Waals surface area contributed by atoms with E-state index in [1.54, 1.807) is 12.1 Å². The fraction of sp³-hybridized carbons (Fsp3) is 0.273. The minimum absolute atomic E-state index is 0.382. The van der Waals surface area contributed by atoms with Gasteiger partial charge < -0.3 is 26.8 Å². The Hall–Kier alpha value is -2.44. The lowest BCUT2D eigenvalue weighted by Crippen LogP contribution is -2.33. The smallest absolute Gasteiger partial charge is 0.337 e. The molecular formula is C11H16N4O3. The molecule has 0 unspecified atom stereocenters. The molecule has 0 atom stereocenters. The first kappa shape index (κ1) is 13.6. The third kappa shape index (κ3) is 3.85. The van der Waals surface area contributed by atoms with Gasteiger partial charge in [-0.15, -0.1) is 0 Å². The standard InChI is InChI=1S/C11H16N4O3/c1-18-10(16)7-2-3-9(8(12)6-7)14-4-5-15-11(13)17/h2-3,6,14H,4-5,12H2,1H3,(H3,13,15,17). The number of ether oxygens (including phenoxy) is 1. The molecule has 0 heterocycles. The van der Waals surface area contributed by atoms with E-state index in [0.717, 1.165) is 0 Å². The highest BCUT2D eigenvalue weighted by Gasteiger charge is 2.07. The summed E-state index contributed by atoms with van der Waals surface area (Å²) < 4.78 is 4.58. The SMILES string of the molecule is COC(=O)c1ccc(NCCNC(N)=O)c(N)c1. The number of hydrogen-bond acceptors (Lipinski definition) is 5. The molecule has 2 amide bonds. The average molecular weight is 252 g/mol. The summed E-state index contributed by atoms with van der Waals surface area (Å²) in [4.78, 5) is 21.7. The summed E-state index contributed by atoms with van der Waals surface area (Å²) in [7, 11) is 1.31. The number of methoxy groups -OCH3 is 1. The second-order valence-corrected chi connectivity index (χ2v) is 3.51. The lowest BCUT2D eigenvalue weighted by molar-refractivity contribution is 0.0601. The van der Waals surface area contributed by atoms with E-state index in [1.165, 1.54) is 13.2 Å². The number of carbonyl (C=O) groups excluding carboxylic acids is 2. The van der Waals surface area contributed by atoms with Crippen molar-refractivity contribution in [3.05, 3.63) is 23.8 Å². The number of hydrogen-bond donors (Lipinski definition) is 4. The summed E-state index contributed by atoms with van der Waals surface area (Å²) in [6, 6.07) is 4.22. The van der Waals surface area contributed by atoms with Crippen LogP contribution in [0.3, 0.4) is 0 Å². The van der Waals surface area contributed by atoms with Crippen molar-refractivity contribution in [1.82, 2.24) is 5.32 Å². The molecule has 0 bridgehead atoms. The number of benzene rings is 1. The van der Waals surface area contributed by atoms with Crippen LogP contribution in [-0.2, 0) is 4.74 Å². The van der Waals surface area contributed by atoms with Crippen LogP contribution < -0.4 is 22.1 Å². The van der Waals surface area contributed by atoms with Gasteiger partial charge in [0.2, 0.25) is 0 Å². The lowest BCUT2D eigenvalue weighted by atomic mass is 10.1. The second-order valence-electron chi connectivity index (χ2n) is 3.51. The summed E-state index contributed by atoms with van der Waals surface area (Å²) in [5, 5.41) is 5.44. The van der Waals surface area contributed by atoms with E-state index < -0.39 is 12.0 Å². The molecule has 7 nitrogen and oxygen atoms in total. The molecule has 98 valence electrons. The largest absolute Gasteiger partial charge is 0.465 e. The van der Waals surface area contributed by atoms with Crippen LogP contribution in [0.2, 0.25) is 0 Å². The Morgan fingerprint density at radius 2 is 2.06 bits per heavy atom. The maximum atomic E-state index is 11.3. The van der Waals surface area contributed by atoms with E-state index in [-0.39, 0.29) is 0 Å². The number of carbonyl (C=O) groups is 2. The van der Waals surface area contributed by atoms with Crippen molar-refractivity contribution in [1.29, 1.82) is 0 Å². The summed E-state index contributed by atoms with van der Waals surface area (Å²) in [6.07, 6.45) is 0. The van der Waals surface area contributed by atoms with E-state index in [4.69, 9.17) is 11.5 Å². The van der Waals surface area contributed by atoms with Crippen LogP contribution in [0, 0.1) is 0 Å². The molecule has 7 heteroatoms. The molecule has 0 aliphatic heterocycles. The van der Waals surface area contributed by atoms with Crippen LogP contribution in [0.4, 0.5) is 16.2 Å². The van der Waals surface area contributed by atoms with E-state index in [1.807, 2.05) is 0 Å². The Bertz CT molecular complexity index is 448. The summed E-state index contributed by atoms with van der Waals surface area (Å²) in [5.74, 6) is -0.441. The van der Waals surface area contributed by atoms with Gasteiger partial charge in [0.1, 0.15) is 0 Å². The van der Waals surface area contributed by atoms with Crippen molar-refractivity contribution in [2.75, 3.05) is 31.2 Å². The molecule has 0 radical (unpaired) electrons. The second kappa shape index (κ2) is 6.33. The first-order valence-electron chi connectivity index (χ1n) is 5.29. The maximum Gasteiger partial charge on any atom is 0.337 e. The Morgan fingerprint density at radius 3 is 2.61 bits per heavy atom. The number of amides is 2. The zero-order chi connectivity index (χ0) is 13.5. The number of nitrogens with one attached hydrogen (secondary N) is 2. The number of rotatable bonds is 5. The van der Waals surface area contributed by atoms with Crippen LogP contribution in [0.5, 0.6) is 0 Å². The molecule has 0 aromatic heterocycles. The minimum atomic E-state index is -0.578. The lowest BCUT2D eigenvalue weighted by Gasteiger charge is -2.10. The minimum Gasteiger partial charge on any atom is -0.465 e. The van der Waals surface area contributed by atoms with E-state index in [2.05, 4.69) is 15.4 Å². The van der Waals surface area contributed by atoms with Crippen LogP contribution in [0.15, 0.2) is 18.2 Å². The maximum absolute atomic E-state index is 11.3. The van der Waals surface area contributed by atoms with Crippen molar-refractivity contribution in [2.24, 2.45) is 5.73 Å². The van der Waals surface area contributed by atoms with Crippen molar-refractivity contribution >= 4 is 23.4 Å². The van der Waals surface area contributed by atoms with Gasteiger partial charge in [-0.3, -0.25) is 0 Å². The molecular weight excluding hydrogens is 236 g/mol. The topological polar surface area (TPSA) is 119 Å². The fourth-order valence-electron chi connectivity index (χ4n) is 1.35. The molecule has 6 N–H and O–H groups in total. The van der Waals surface area contributed by atoms with Gasteiger partial charge in [0.25, 0.3) is 0 Å². The van der Waals surface area contributed by atoms with Gasteiger partial charge in [-0.25, -0.2) is 9.59 Å². The Labute approximate surface area is 104 Å².